The molecule has 0 bridgehead atoms. The first kappa shape index (κ1) is 22.0. The van der Waals surface area contributed by atoms with E-state index in [9.17, 15) is 13.2 Å². The Balaban J connectivity index is 1.81. The number of rotatable bonds is 9. The molecule has 0 atom stereocenters. The van der Waals surface area contributed by atoms with Crippen molar-refractivity contribution in [2.45, 2.75) is 25.4 Å². The highest BCUT2D eigenvalue weighted by molar-refractivity contribution is 7.98. The molecule has 1 aromatic rings. The number of carbonyl (C=O) groups excluding carboxylic acids is 1. The number of hydrogen-bond acceptors (Lipinski definition) is 5. The van der Waals surface area contributed by atoms with Gasteiger partial charge in [0, 0.05) is 39.3 Å². The predicted octanol–water partition coefficient (Wildman–Crippen LogP) is 1.82. The minimum atomic E-state index is -3.36. The highest BCUT2D eigenvalue weighted by Crippen LogP contribution is 2.21. The maximum absolute atomic E-state index is 12.1. The Labute approximate surface area is 166 Å². The predicted molar refractivity (Wildman–Crippen MR) is 110 cm³/mol. The quantitative estimate of drug-likeness (QED) is 0.623. The third-order valence-electron chi connectivity index (χ3n) is 4.42. The van der Waals surface area contributed by atoms with Crippen LogP contribution in [0.15, 0.2) is 24.3 Å². The van der Waals surface area contributed by atoms with Crippen LogP contribution in [0.4, 0.5) is 0 Å². The minimum Gasteiger partial charge on any atom is -0.490 e. The maximum Gasteiger partial charge on any atom is 0.281 e. The van der Waals surface area contributed by atoms with Gasteiger partial charge in [-0.05, 0) is 55.5 Å². The van der Waals surface area contributed by atoms with E-state index in [2.05, 4.69) is 5.32 Å². The number of ether oxygens (including phenoxy) is 1. The van der Waals surface area contributed by atoms with E-state index in [0.29, 0.717) is 43.8 Å². The molecular weight excluding hydrogens is 386 g/mol. The van der Waals surface area contributed by atoms with Crippen LogP contribution in [0.1, 0.15) is 29.6 Å². The second kappa shape index (κ2) is 10.3. The number of nitrogens with zero attached hydrogens (tertiary/aromatic N) is 2. The summed E-state index contributed by atoms with van der Waals surface area (Å²) in [5.41, 5.74) is 0.610. The van der Waals surface area contributed by atoms with Crippen molar-refractivity contribution in [3.05, 3.63) is 29.8 Å². The summed E-state index contributed by atoms with van der Waals surface area (Å²) in [5.74, 6) is 1.65. The number of nitrogens with one attached hydrogen (secondary N) is 1. The molecule has 0 aliphatic carbocycles. The SMILES string of the molecule is CSCCCNC(=O)c1ccc(OC2CCN(S(=O)(=O)N(C)C)CC2)cc1. The molecule has 1 amide bonds. The van der Waals surface area contributed by atoms with Crippen LogP contribution < -0.4 is 10.1 Å². The third kappa shape index (κ3) is 6.38. The van der Waals surface area contributed by atoms with Crippen molar-refractivity contribution < 1.29 is 17.9 Å². The number of amides is 1. The zero-order chi connectivity index (χ0) is 19.9. The highest BCUT2D eigenvalue weighted by Gasteiger charge is 2.30. The Hall–Kier alpha value is -1.29. The number of benzene rings is 1. The fourth-order valence-corrected chi connectivity index (χ4v) is 4.38. The van der Waals surface area contributed by atoms with Crippen molar-refractivity contribution >= 4 is 27.9 Å². The molecule has 0 unspecified atom stereocenters. The van der Waals surface area contributed by atoms with Crippen LogP contribution in [-0.2, 0) is 10.2 Å². The first-order chi connectivity index (χ1) is 12.8. The molecule has 1 aromatic carbocycles. The summed E-state index contributed by atoms with van der Waals surface area (Å²) in [7, 11) is -0.277. The van der Waals surface area contributed by atoms with Crippen molar-refractivity contribution in [2.24, 2.45) is 0 Å². The summed E-state index contributed by atoms with van der Waals surface area (Å²) in [6.07, 6.45) is 4.27. The largest absolute Gasteiger partial charge is 0.490 e. The van der Waals surface area contributed by atoms with Crippen LogP contribution in [-0.4, -0.2) is 74.8 Å². The minimum absolute atomic E-state index is 0.0233. The third-order valence-corrected chi connectivity index (χ3v) is 7.06. The van der Waals surface area contributed by atoms with Crippen LogP contribution in [0.3, 0.4) is 0 Å². The van der Waals surface area contributed by atoms with Crippen LogP contribution in [0.25, 0.3) is 0 Å². The van der Waals surface area contributed by atoms with E-state index in [1.165, 1.54) is 8.61 Å². The molecule has 1 saturated heterocycles. The second-order valence-electron chi connectivity index (χ2n) is 6.63. The Kier molecular flexibility index (Phi) is 8.40. The Morgan fingerprint density at radius 2 is 1.89 bits per heavy atom. The molecule has 1 fully saturated rings. The Bertz CT molecular complexity index is 700. The standard InChI is InChI=1S/C18H29N3O4S2/c1-20(2)27(23,24)21-12-9-17(10-13-21)25-16-7-5-15(6-8-16)18(22)19-11-4-14-26-3/h5-8,17H,4,9-14H2,1-3H3,(H,19,22). The van der Waals surface area contributed by atoms with Gasteiger partial charge in [-0.3, -0.25) is 4.79 Å². The molecule has 1 aliphatic heterocycles. The number of thioether (sulfide) groups is 1. The smallest absolute Gasteiger partial charge is 0.281 e. The Morgan fingerprint density at radius 1 is 1.26 bits per heavy atom. The molecule has 7 nitrogen and oxygen atoms in total. The summed E-state index contributed by atoms with van der Waals surface area (Å²) >= 11 is 1.76. The first-order valence-corrected chi connectivity index (χ1v) is 11.8. The topological polar surface area (TPSA) is 79.0 Å². The molecule has 0 aromatic heterocycles. The number of piperidine rings is 1. The molecule has 1 N–H and O–H groups in total. The molecule has 2 rings (SSSR count). The van der Waals surface area contributed by atoms with Gasteiger partial charge in [-0.15, -0.1) is 0 Å². The van der Waals surface area contributed by atoms with Gasteiger partial charge in [0.25, 0.3) is 16.1 Å². The average Bonchev–Trinajstić information content (AvgIpc) is 2.66. The van der Waals surface area contributed by atoms with Gasteiger partial charge in [-0.1, -0.05) is 0 Å². The summed E-state index contributed by atoms with van der Waals surface area (Å²) in [6.45, 7) is 1.57. The lowest BCUT2D eigenvalue weighted by atomic mass is 10.1. The van der Waals surface area contributed by atoms with E-state index < -0.39 is 10.2 Å². The van der Waals surface area contributed by atoms with E-state index >= 15 is 0 Å². The fourth-order valence-electron chi connectivity index (χ4n) is 2.81. The van der Waals surface area contributed by atoms with E-state index in [1.54, 1.807) is 50.1 Å². The Morgan fingerprint density at radius 3 is 2.44 bits per heavy atom. The van der Waals surface area contributed by atoms with Gasteiger partial charge in [0.1, 0.15) is 11.9 Å². The van der Waals surface area contributed by atoms with Gasteiger partial charge >= 0.3 is 0 Å². The van der Waals surface area contributed by atoms with Crippen LogP contribution >= 0.6 is 11.8 Å². The van der Waals surface area contributed by atoms with E-state index in [1.807, 2.05) is 6.26 Å². The number of carbonyl (C=O) groups is 1. The highest BCUT2D eigenvalue weighted by atomic mass is 32.2. The summed E-state index contributed by atoms with van der Waals surface area (Å²) in [6, 6.07) is 7.09. The molecule has 152 valence electrons. The van der Waals surface area contributed by atoms with E-state index in [4.69, 9.17) is 4.74 Å². The van der Waals surface area contributed by atoms with Gasteiger partial charge in [-0.2, -0.15) is 28.8 Å². The molecule has 0 radical (unpaired) electrons. The van der Waals surface area contributed by atoms with Crippen LogP contribution in [0, 0.1) is 0 Å². The second-order valence-corrected chi connectivity index (χ2v) is 9.76. The van der Waals surface area contributed by atoms with Crippen molar-refractivity contribution in [2.75, 3.05) is 45.7 Å². The molecule has 0 saturated carbocycles. The van der Waals surface area contributed by atoms with Crippen molar-refractivity contribution in [1.82, 2.24) is 13.9 Å². The average molecular weight is 416 g/mol. The van der Waals surface area contributed by atoms with Crippen molar-refractivity contribution in [1.29, 1.82) is 0 Å². The van der Waals surface area contributed by atoms with Crippen LogP contribution in [0.2, 0.25) is 0 Å². The summed E-state index contributed by atoms with van der Waals surface area (Å²) < 4.78 is 32.9. The van der Waals surface area contributed by atoms with Gasteiger partial charge in [0.2, 0.25) is 0 Å². The first-order valence-electron chi connectivity index (χ1n) is 9.06. The lowest BCUT2D eigenvalue weighted by Crippen LogP contribution is -2.46. The van der Waals surface area contributed by atoms with Gasteiger partial charge < -0.3 is 10.1 Å². The van der Waals surface area contributed by atoms with Gasteiger partial charge in [0.05, 0.1) is 0 Å². The summed E-state index contributed by atoms with van der Waals surface area (Å²) in [4.78, 5) is 12.1. The van der Waals surface area contributed by atoms with Crippen LogP contribution in [0.5, 0.6) is 5.75 Å². The fraction of sp³-hybridized carbons (Fsp3) is 0.611. The molecular formula is C18H29N3O4S2. The zero-order valence-corrected chi connectivity index (χ0v) is 17.8. The molecule has 0 spiro atoms. The normalized spacial score (nSPS) is 16.4. The molecule has 9 heteroatoms. The maximum atomic E-state index is 12.1. The molecule has 1 heterocycles. The van der Waals surface area contributed by atoms with E-state index in [-0.39, 0.29) is 12.0 Å². The molecule has 1 aliphatic rings. The molecule has 27 heavy (non-hydrogen) atoms. The van der Waals surface area contributed by atoms with Gasteiger partial charge in [-0.25, -0.2) is 0 Å². The zero-order valence-electron chi connectivity index (χ0n) is 16.2. The monoisotopic (exact) mass is 415 g/mol. The van der Waals surface area contributed by atoms with E-state index in [0.717, 1.165) is 12.2 Å². The van der Waals surface area contributed by atoms with Crippen molar-refractivity contribution in [3.63, 3.8) is 0 Å². The lowest BCUT2D eigenvalue weighted by molar-refractivity contribution is 0.0953. The number of hydrogen-bond donors (Lipinski definition) is 1. The van der Waals surface area contributed by atoms with Gasteiger partial charge in [0.15, 0.2) is 0 Å². The lowest BCUT2D eigenvalue weighted by Gasteiger charge is -2.32. The summed E-state index contributed by atoms with van der Waals surface area (Å²) in [5, 5.41) is 2.90. The van der Waals surface area contributed by atoms with Crippen molar-refractivity contribution in [3.8, 4) is 5.75 Å².